The summed E-state index contributed by atoms with van der Waals surface area (Å²) in [6.07, 6.45) is 2.04. The van der Waals surface area contributed by atoms with Crippen LogP contribution in [0.1, 0.15) is 28.5 Å². The van der Waals surface area contributed by atoms with Gasteiger partial charge in [-0.2, -0.15) is 0 Å². The first-order chi connectivity index (χ1) is 13.6. The lowest BCUT2D eigenvalue weighted by molar-refractivity contribution is 0.0529. The van der Waals surface area contributed by atoms with Gasteiger partial charge in [0.15, 0.2) is 0 Å². The van der Waals surface area contributed by atoms with Gasteiger partial charge >= 0.3 is 0 Å². The van der Waals surface area contributed by atoms with Crippen LogP contribution in [0.3, 0.4) is 0 Å². The average Bonchev–Trinajstić information content (AvgIpc) is 2.71. The van der Waals surface area contributed by atoms with Gasteiger partial charge < -0.3 is 15.0 Å². The van der Waals surface area contributed by atoms with Crippen molar-refractivity contribution in [2.75, 3.05) is 24.6 Å². The van der Waals surface area contributed by atoms with Crippen LogP contribution in [-0.2, 0) is 11.3 Å². The number of fused-ring (bicyclic) bond motifs is 1. The SMILES string of the molecule is Cc1cc(C(=O)NCc2ccc(N3CCOC(C)C3)nc2)c2ccccc2n1. The lowest BCUT2D eigenvalue weighted by atomic mass is 10.1. The third-order valence-corrected chi connectivity index (χ3v) is 4.92. The molecule has 1 aromatic carbocycles. The number of aryl methyl sites for hydroxylation is 1. The number of nitrogens with zero attached hydrogens (tertiary/aromatic N) is 3. The van der Waals surface area contributed by atoms with Gasteiger partial charge in [-0.25, -0.2) is 4.98 Å². The maximum Gasteiger partial charge on any atom is 0.252 e. The molecule has 3 heterocycles. The fourth-order valence-electron chi connectivity index (χ4n) is 3.51. The van der Waals surface area contributed by atoms with E-state index >= 15 is 0 Å². The van der Waals surface area contributed by atoms with Crippen LogP contribution in [-0.4, -0.2) is 41.7 Å². The normalized spacial score (nSPS) is 16.9. The first-order valence-corrected chi connectivity index (χ1v) is 9.56. The molecule has 6 heteroatoms. The van der Waals surface area contributed by atoms with Crippen molar-refractivity contribution < 1.29 is 9.53 Å². The molecule has 6 nitrogen and oxygen atoms in total. The van der Waals surface area contributed by atoms with Crippen LogP contribution in [0.25, 0.3) is 10.9 Å². The zero-order valence-electron chi connectivity index (χ0n) is 16.2. The molecular weight excluding hydrogens is 352 g/mol. The first-order valence-electron chi connectivity index (χ1n) is 9.56. The number of hydrogen-bond donors (Lipinski definition) is 1. The number of benzene rings is 1. The number of hydrogen-bond acceptors (Lipinski definition) is 5. The molecule has 1 saturated heterocycles. The molecule has 1 atom stereocenters. The van der Waals surface area contributed by atoms with Crippen molar-refractivity contribution in [3.05, 3.63) is 65.5 Å². The summed E-state index contributed by atoms with van der Waals surface area (Å²) in [6, 6.07) is 13.6. The van der Waals surface area contributed by atoms with Crippen molar-refractivity contribution in [1.29, 1.82) is 0 Å². The number of carbonyl (C=O) groups excluding carboxylic acids is 1. The lowest BCUT2D eigenvalue weighted by Crippen LogP contribution is -2.41. The minimum absolute atomic E-state index is 0.104. The quantitative estimate of drug-likeness (QED) is 0.758. The van der Waals surface area contributed by atoms with Gasteiger partial charge in [0.05, 0.1) is 23.8 Å². The number of carbonyl (C=O) groups is 1. The predicted molar refractivity (Wildman–Crippen MR) is 110 cm³/mol. The number of aromatic nitrogens is 2. The Morgan fingerprint density at radius 2 is 2.14 bits per heavy atom. The van der Waals surface area contributed by atoms with E-state index in [4.69, 9.17) is 4.74 Å². The summed E-state index contributed by atoms with van der Waals surface area (Å²) in [5.41, 5.74) is 3.27. The van der Waals surface area contributed by atoms with E-state index in [2.05, 4.69) is 27.1 Å². The van der Waals surface area contributed by atoms with Gasteiger partial charge in [0.2, 0.25) is 0 Å². The molecule has 4 rings (SSSR count). The molecule has 144 valence electrons. The van der Waals surface area contributed by atoms with Crippen LogP contribution in [0.15, 0.2) is 48.7 Å². The molecule has 0 aliphatic carbocycles. The standard InChI is InChI=1S/C22H24N4O2/c1-15-11-19(18-5-3-4-6-20(18)25-15)22(27)24-13-17-7-8-21(23-12-17)26-9-10-28-16(2)14-26/h3-8,11-12,16H,9-10,13-14H2,1-2H3,(H,24,27). The Balaban J connectivity index is 1.44. The van der Waals surface area contributed by atoms with Crippen LogP contribution in [0, 0.1) is 6.92 Å². The molecule has 1 unspecified atom stereocenters. The molecule has 2 aromatic heterocycles. The van der Waals surface area contributed by atoms with Crippen LogP contribution in [0.5, 0.6) is 0 Å². The summed E-state index contributed by atoms with van der Waals surface area (Å²) in [7, 11) is 0. The fourth-order valence-corrected chi connectivity index (χ4v) is 3.51. The van der Waals surface area contributed by atoms with Crippen molar-refractivity contribution in [2.24, 2.45) is 0 Å². The van der Waals surface area contributed by atoms with E-state index in [9.17, 15) is 4.79 Å². The Bertz CT molecular complexity index is 987. The number of anilines is 1. The van der Waals surface area contributed by atoms with E-state index in [0.717, 1.165) is 47.7 Å². The second-order valence-corrected chi connectivity index (χ2v) is 7.16. The van der Waals surface area contributed by atoms with Crippen molar-refractivity contribution in [1.82, 2.24) is 15.3 Å². The topological polar surface area (TPSA) is 67.4 Å². The highest BCUT2D eigenvalue weighted by Crippen LogP contribution is 2.19. The van der Waals surface area contributed by atoms with Crippen LogP contribution in [0.4, 0.5) is 5.82 Å². The smallest absolute Gasteiger partial charge is 0.252 e. The molecule has 0 spiro atoms. The molecule has 0 saturated carbocycles. The number of pyridine rings is 2. The molecule has 1 amide bonds. The Morgan fingerprint density at radius 3 is 2.93 bits per heavy atom. The largest absolute Gasteiger partial charge is 0.375 e. The Labute approximate surface area is 164 Å². The van der Waals surface area contributed by atoms with E-state index < -0.39 is 0 Å². The minimum Gasteiger partial charge on any atom is -0.375 e. The third-order valence-electron chi connectivity index (χ3n) is 4.92. The molecule has 1 N–H and O–H groups in total. The number of nitrogens with one attached hydrogen (secondary N) is 1. The van der Waals surface area contributed by atoms with E-state index in [1.54, 1.807) is 0 Å². The molecule has 1 aliphatic heterocycles. The van der Waals surface area contributed by atoms with E-state index in [1.165, 1.54) is 0 Å². The lowest BCUT2D eigenvalue weighted by Gasteiger charge is -2.32. The minimum atomic E-state index is -0.104. The van der Waals surface area contributed by atoms with Gasteiger partial charge in [0, 0.05) is 36.9 Å². The highest BCUT2D eigenvalue weighted by molar-refractivity contribution is 6.06. The molecule has 3 aromatic rings. The number of rotatable bonds is 4. The summed E-state index contributed by atoms with van der Waals surface area (Å²) in [6.45, 7) is 6.82. The number of para-hydroxylation sites is 1. The van der Waals surface area contributed by atoms with Crippen molar-refractivity contribution in [3.8, 4) is 0 Å². The summed E-state index contributed by atoms with van der Waals surface area (Å²) in [5, 5.41) is 3.86. The zero-order valence-corrected chi connectivity index (χ0v) is 16.2. The van der Waals surface area contributed by atoms with Crippen LogP contribution < -0.4 is 10.2 Å². The Morgan fingerprint density at radius 1 is 1.29 bits per heavy atom. The Hall–Kier alpha value is -2.99. The Kier molecular flexibility index (Phi) is 5.21. The second-order valence-electron chi connectivity index (χ2n) is 7.16. The highest BCUT2D eigenvalue weighted by Gasteiger charge is 2.18. The first kappa shape index (κ1) is 18.4. The summed E-state index contributed by atoms with van der Waals surface area (Å²) >= 11 is 0. The number of morpholine rings is 1. The molecule has 1 fully saturated rings. The van der Waals surface area contributed by atoms with Crippen molar-refractivity contribution in [3.63, 3.8) is 0 Å². The molecular formula is C22H24N4O2. The third kappa shape index (κ3) is 3.97. The summed E-state index contributed by atoms with van der Waals surface area (Å²) in [5.74, 6) is 0.841. The average molecular weight is 376 g/mol. The molecule has 0 radical (unpaired) electrons. The molecule has 28 heavy (non-hydrogen) atoms. The second kappa shape index (κ2) is 7.94. The monoisotopic (exact) mass is 376 g/mol. The molecule has 1 aliphatic rings. The molecule has 0 bridgehead atoms. The van der Waals surface area contributed by atoms with Gasteiger partial charge in [-0.1, -0.05) is 24.3 Å². The van der Waals surface area contributed by atoms with Gasteiger partial charge in [-0.3, -0.25) is 9.78 Å². The van der Waals surface area contributed by atoms with Gasteiger partial charge in [0.1, 0.15) is 5.82 Å². The number of ether oxygens (including phenoxy) is 1. The summed E-state index contributed by atoms with van der Waals surface area (Å²) < 4.78 is 5.58. The predicted octanol–water partition coefficient (Wildman–Crippen LogP) is 3.09. The van der Waals surface area contributed by atoms with E-state index in [1.807, 2.05) is 55.6 Å². The van der Waals surface area contributed by atoms with Crippen LogP contribution in [0.2, 0.25) is 0 Å². The van der Waals surface area contributed by atoms with Gasteiger partial charge in [-0.05, 0) is 37.6 Å². The van der Waals surface area contributed by atoms with E-state index in [0.29, 0.717) is 12.1 Å². The van der Waals surface area contributed by atoms with Crippen molar-refractivity contribution >= 4 is 22.6 Å². The number of amides is 1. The maximum absolute atomic E-state index is 12.8. The van der Waals surface area contributed by atoms with E-state index in [-0.39, 0.29) is 12.0 Å². The highest BCUT2D eigenvalue weighted by atomic mass is 16.5. The zero-order chi connectivity index (χ0) is 19.5. The summed E-state index contributed by atoms with van der Waals surface area (Å²) in [4.78, 5) is 24.0. The van der Waals surface area contributed by atoms with Gasteiger partial charge in [0.25, 0.3) is 5.91 Å². The maximum atomic E-state index is 12.8. The van der Waals surface area contributed by atoms with Crippen LogP contribution >= 0.6 is 0 Å². The van der Waals surface area contributed by atoms with Crippen molar-refractivity contribution in [2.45, 2.75) is 26.5 Å². The van der Waals surface area contributed by atoms with Gasteiger partial charge in [-0.15, -0.1) is 0 Å². The fraction of sp³-hybridized carbons (Fsp3) is 0.318.